The molecular weight excluding hydrogens is 186 g/mol. The van der Waals surface area contributed by atoms with Crippen molar-refractivity contribution in [1.82, 2.24) is 9.69 Å². The van der Waals surface area contributed by atoms with Gasteiger partial charge < -0.3 is 15.8 Å². The van der Waals surface area contributed by atoms with Crippen LogP contribution in [0.25, 0.3) is 0 Å². The topological polar surface area (TPSA) is 91.2 Å². The van der Waals surface area contributed by atoms with Gasteiger partial charge in [-0.3, -0.25) is 4.79 Å². The van der Waals surface area contributed by atoms with Gasteiger partial charge in [-0.05, 0) is 18.2 Å². The molecule has 0 aromatic heterocycles. The van der Waals surface area contributed by atoms with E-state index in [0.29, 0.717) is 9.69 Å². The Balaban J connectivity index is 3.30. The van der Waals surface area contributed by atoms with Crippen molar-refractivity contribution in [3.8, 4) is 0 Å². The van der Waals surface area contributed by atoms with Gasteiger partial charge in [-0.2, -0.15) is 0 Å². The van der Waals surface area contributed by atoms with Crippen LogP contribution in [0, 0.1) is 16.0 Å². The van der Waals surface area contributed by atoms with Gasteiger partial charge in [0.25, 0.3) is 0 Å². The molecule has 0 saturated carbocycles. The molecule has 0 unspecified atom stereocenters. The Labute approximate surface area is 76.9 Å². The van der Waals surface area contributed by atoms with Crippen LogP contribution in [0.4, 0.5) is 0 Å². The highest BCUT2D eigenvalue weighted by Gasteiger charge is 2.01. The van der Waals surface area contributed by atoms with Crippen LogP contribution >= 0.6 is 0 Å². The smallest absolute Gasteiger partial charge is 0.208 e. The van der Waals surface area contributed by atoms with Crippen molar-refractivity contribution >= 4 is 0 Å². The summed E-state index contributed by atoms with van der Waals surface area (Å²) in [6, 6.07) is 3.88. The molecule has 0 bridgehead atoms. The molecule has 2 rings (SSSR count). The van der Waals surface area contributed by atoms with Gasteiger partial charge in [0.05, 0.1) is 11.6 Å². The maximum Gasteiger partial charge on any atom is 0.208 e. The van der Waals surface area contributed by atoms with Crippen molar-refractivity contribution < 1.29 is 10.4 Å². The largest absolute Gasteiger partial charge is 0.411 e. The predicted molar refractivity (Wildman–Crippen MR) is 44.2 cm³/mol. The zero-order valence-corrected chi connectivity index (χ0v) is 7.01. The summed E-state index contributed by atoms with van der Waals surface area (Å²) in [5.74, 6) is 0. The molecule has 6 heteroatoms. The van der Waals surface area contributed by atoms with Crippen molar-refractivity contribution in [3.05, 3.63) is 50.5 Å². The van der Waals surface area contributed by atoms with Gasteiger partial charge in [0.15, 0.2) is 5.35 Å². The molecule has 0 saturated heterocycles. The fraction of sp³-hybridized carbons (Fsp3) is 0. The molecule has 0 radical (unpaired) electrons. The summed E-state index contributed by atoms with van der Waals surface area (Å²) in [4.78, 5) is 12.0. The Morgan fingerprint density at radius 1 is 1.21 bits per heavy atom. The summed E-state index contributed by atoms with van der Waals surface area (Å²) in [6.45, 7) is 0. The summed E-state index contributed by atoms with van der Waals surface area (Å²) in [7, 11) is 0. The SMILES string of the molecule is N=c1ccc(=O)c2n(O)n(O)ccc1=2. The third kappa shape index (κ3) is 0.972. The van der Waals surface area contributed by atoms with Gasteiger partial charge >= 0.3 is 0 Å². The molecule has 0 spiro atoms. The van der Waals surface area contributed by atoms with Crippen LogP contribution in [0.2, 0.25) is 0 Å². The summed E-state index contributed by atoms with van der Waals surface area (Å²) < 4.78 is 0. The molecule has 14 heavy (non-hydrogen) atoms. The molecule has 1 heterocycles. The molecule has 0 atom stereocenters. The maximum absolute atomic E-state index is 11.3. The van der Waals surface area contributed by atoms with Crippen LogP contribution in [0.1, 0.15) is 0 Å². The third-order valence-electron chi connectivity index (χ3n) is 1.95. The first-order valence-corrected chi connectivity index (χ1v) is 3.82. The van der Waals surface area contributed by atoms with E-state index in [1.54, 1.807) is 0 Å². The van der Waals surface area contributed by atoms with Crippen LogP contribution in [0.15, 0.2) is 29.2 Å². The normalized spacial score (nSPS) is 10.6. The van der Waals surface area contributed by atoms with E-state index in [4.69, 9.17) is 10.6 Å². The molecule has 0 aromatic rings. The minimum atomic E-state index is -0.457. The number of hydrogen-bond donors (Lipinski definition) is 3. The Hall–Kier alpha value is -2.24. The zero-order chi connectivity index (χ0) is 10.3. The second-order valence-electron chi connectivity index (χ2n) is 2.80. The highest BCUT2D eigenvalue weighted by Crippen LogP contribution is 1.88. The Morgan fingerprint density at radius 2 is 1.93 bits per heavy atom. The summed E-state index contributed by atoms with van der Waals surface area (Å²) in [6.07, 6.45) is 1.14. The molecule has 0 fully saturated rings. The van der Waals surface area contributed by atoms with Crippen molar-refractivity contribution in [2.45, 2.75) is 0 Å². The molecule has 6 nitrogen and oxygen atoms in total. The average molecular weight is 193 g/mol. The quantitative estimate of drug-likeness (QED) is 0.484. The number of nitrogens with one attached hydrogen (secondary N) is 1. The van der Waals surface area contributed by atoms with Crippen LogP contribution in [0.3, 0.4) is 0 Å². The van der Waals surface area contributed by atoms with E-state index in [1.165, 1.54) is 12.1 Å². The van der Waals surface area contributed by atoms with Gasteiger partial charge in [0.1, 0.15) is 0 Å². The molecule has 0 amide bonds. The number of aromatic nitrogens is 2. The molecule has 0 aromatic carbocycles. The molecule has 1 aliphatic heterocycles. The predicted octanol–water partition coefficient (Wildman–Crippen LogP) is -0.671. The lowest BCUT2D eigenvalue weighted by Gasteiger charge is -2.04. The van der Waals surface area contributed by atoms with Crippen LogP contribution < -0.4 is 10.8 Å². The Kier molecular flexibility index (Phi) is 1.57. The summed E-state index contributed by atoms with van der Waals surface area (Å²) >= 11 is 0. The molecular formula is C8H7N3O3. The average Bonchev–Trinajstić information content (AvgIpc) is 2.16. The number of hydrogen-bond acceptors (Lipinski definition) is 4. The van der Waals surface area contributed by atoms with Crippen LogP contribution in [-0.2, 0) is 0 Å². The molecule has 3 N–H and O–H groups in total. The van der Waals surface area contributed by atoms with Crippen LogP contribution in [0.5, 0.6) is 0 Å². The highest BCUT2D eigenvalue weighted by atomic mass is 16.6. The van der Waals surface area contributed by atoms with Crippen molar-refractivity contribution in [1.29, 1.82) is 5.41 Å². The van der Waals surface area contributed by atoms with Crippen molar-refractivity contribution in [3.63, 3.8) is 0 Å². The minimum absolute atomic E-state index is 0.114. The van der Waals surface area contributed by atoms with Crippen molar-refractivity contribution in [2.75, 3.05) is 0 Å². The second kappa shape index (κ2) is 2.63. The highest BCUT2D eigenvalue weighted by molar-refractivity contribution is 5.08. The zero-order valence-electron chi connectivity index (χ0n) is 7.01. The van der Waals surface area contributed by atoms with E-state index in [0.717, 1.165) is 12.3 Å². The first kappa shape index (κ1) is 8.36. The third-order valence-corrected chi connectivity index (χ3v) is 1.95. The van der Waals surface area contributed by atoms with E-state index in [1.807, 2.05) is 0 Å². The van der Waals surface area contributed by atoms with Gasteiger partial charge in [-0.15, -0.1) is 0 Å². The van der Waals surface area contributed by atoms with E-state index in [2.05, 4.69) is 0 Å². The summed E-state index contributed by atoms with van der Waals surface area (Å²) in [5, 5.41) is 26.1. The Bertz CT molecular complexity index is 655. The standard InChI is InChI=1S/C8H7N3O3/c9-6-1-2-7(12)8-5(6)3-4-10(13)11(8)14/h1-4,9,13-14H. The fourth-order valence-corrected chi connectivity index (χ4v) is 1.27. The monoisotopic (exact) mass is 193 g/mol. The van der Waals surface area contributed by atoms with Gasteiger partial charge in [-0.1, -0.05) is 9.69 Å². The maximum atomic E-state index is 11.3. The van der Waals surface area contributed by atoms with Crippen LogP contribution in [-0.4, -0.2) is 20.1 Å². The van der Waals surface area contributed by atoms with Crippen molar-refractivity contribution in [2.24, 2.45) is 0 Å². The molecule has 72 valence electrons. The fourth-order valence-electron chi connectivity index (χ4n) is 1.27. The van der Waals surface area contributed by atoms with E-state index in [-0.39, 0.29) is 15.9 Å². The summed E-state index contributed by atoms with van der Waals surface area (Å²) in [5.41, 5.74) is -0.457. The van der Waals surface area contributed by atoms with Gasteiger partial charge in [0, 0.05) is 5.22 Å². The first-order chi connectivity index (χ1) is 6.61. The van der Waals surface area contributed by atoms with E-state index in [9.17, 15) is 10.0 Å². The van der Waals surface area contributed by atoms with Gasteiger partial charge in [-0.25, -0.2) is 0 Å². The lowest BCUT2D eigenvalue weighted by molar-refractivity contribution is -0.0219. The minimum Gasteiger partial charge on any atom is -0.411 e. The van der Waals surface area contributed by atoms with E-state index < -0.39 is 5.43 Å². The lowest BCUT2D eigenvalue weighted by Crippen LogP contribution is -2.22. The first-order valence-electron chi connectivity index (χ1n) is 3.82. The van der Waals surface area contributed by atoms with E-state index >= 15 is 0 Å². The Morgan fingerprint density at radius 3 is 2.64 bits per heavy atom. The molecule has 2 aliphatic rings. The lowest BCUT2D eigenvalue weighted by atomic mass is 10.2. The number of rotatable bonds is 0. The van der Waals surface area contributed by atoms with Gasteiger partial charge in [0.2, 0.25) is 5.43 Å². The second-order valence-corrected chi connectivity index (χ2v) is 2.80. The molecule has 1 aliphatic carbocycles. The number of nitrogens with zero attached hydrogens (tertiary/aromatic N) is 2.